The first-order valence-electron chi connectivity index (χ1n) is 8.18. The van der Waals surface area contributed by atoms with Crippen LogP contribution in [0.2, 0.25) is 0 Å². The van der Waals surface area contributed by atoms with Gasteiger partial charge in [-0.15, -0.1) is 0 Å². The van der Waals surface area contributed by atoms with Crippen molar-refractivity contribution in [1.82, 2.24) is 19.8 Å². The van der Waals surface area contributed by atoms with Gasteiger partial charge in [0.1, 0.15) is 0 Å². The lowest BCUT2D eigenvalue weighted by Gasteiger charge is -2.35. The summed E-state index contributed by atoms with van der Waals surface area (Å²) in [6.45, 7) is 10.6. The second-order valence-electron chi connectivity index (χ2n) is 6.75. The molecule has 4 heteroatoms. The number of hydrogen-bond donors (Lipinski definition) is 1. The number of nitrogens with zero attached hydrogens (tertiary/aromatic N) is 3. The summed E-state index contributed by atoms with van der Waals surface area (Å²) in [5.41, 5.74) is 1.72. The average molecular weight is 276 g/mol. The minimum Gasteiger partial charge on any atom is -0.331 e. The van der Waals surface area contributed by atoms with Crippen molar-refractivity contribution in [2.75, 3.05) is 32.7 Å². The normalized spacial score (nSPS) is 29.1. The van der Waals surface area contributed by atoms with Crippen LogP contribution in [0.25, 0.3) is 0 Å². The molecule has 0 bridgehead atoms. The second-order valence-corrected chi connectivity index (χ2v) is 6.75. The lowest BCUT2D eigenvalue weighted by molar-refractivity contribution is 0.183. The van der Waals surface area contributed by atoms with Gasteiger partial charge in [0.2, 0.25) is 0 Å². The Balaban J connectivity index is 1.71. The van der Waals surface area contributed by atoms with Gasteiger partial charge in [0.05, 0.1) is 6.33 Å². The zero-order valence-electron chi connectivity index (χ0n) is 12.9. The minimum absolute atomic E-state index is 0.275. The minimum atomic E-state index is 0.275. The molecule has 20 heavy (non-hydrogen) atoms. The van der Waals surface area contributed by atoms with Crippen LogP contribution in [-0.4, -0.2) is 47.2 Å². The van der Waals surface area contributed by atoms with E-state index >= 15 is 0 Å². The van der Waals surface area contributed by atoms with E-state index in [1.165, 1.54) is 51.0 Å². The lowest BCUT2D eigenvalue weighted by atomic mass is 9.85. The fourth-order valence-electron chi connectivity index (χ4n) is 3.84. The maximum absolute atomic E-state index is 4.46. The van der Waals surface area contributed by atoms with Crippen molar-refractivity contribution in [3.8, 4) is 0 Å². The molecule has 1 N–H and O–H groups in total. The van der Waals surface area contributed by atoms with Crippen LogP contribution in [0.4, 0.5) is 0 Å². The largest absolute Gasteiger partial charge is 0.331 e. The van der Waals surface area contributed by atoms with E-state index in [1.54, 1.807) is 0 Å². The quantitative estimate of drug-likeness (QED) is 0.915. The molecule has 0 spiro atoms. The van der Waals surface area contributed by atoms with Crippen LogP contribution in [-0.2, 0) is 5.41 Å². The summed E-state index contributed by atoms with van der Waals surface area (Å²) < 4.78 is 2.48. The fourth-order valence-corrected chi connectivity index (χ4v) is 3.84. The molecule has 3 heterocycles. The van der Waals surface area contributed by atoms with Gasteiger partial charge in [-0.1, -0.05) is 13.8 Å². The first-order valence-corrected chi connectivity index (χ1v) is 8.18. The number of nitrogens with one attached hydrogen (secondary N) is 1. The number of hydrogen-bond acceptors (Lipinski definition) is 3. The van der Waals surface area contributed by atoms with Crippen molar-refractivity contribution in [1.29, 1.82) is 0 Å². The summed E-state index contributed by atoms with van der Waals surface area (Å²) in [7, 11) is 0. The molecule has 2 saturated heterocycles. The number of aromatic nitrogens is 2. The molecule has 4 nitrogen and oxygen atoms in total. The molecule has 1 unspecified atom stereocenters. The third kappa shape index (κ3) is 2.63. The zero-order valence-corrected chi connectivity index (χ0v) is 12.9. The number of rotatable bonds is 4. The Morgan fingerprint density at radius 3 is 2.85 bits per heavy atom. The van der Waals surface area contributed by atoms with Crippen molar-refractivity contribution >= 4 is 0 Å². The molecule has 2 fully saturated rings. The summed E-state index contributed by atoms with van der Waals surface area (Å²) in [5.74, 6) is 0. The predicted octanol–water partition coefficient (Wildman–Crippen LogP) is 2.18. The van der Waals surface area contributed by atoms with Gasteiger partial charge in [-0.2, -0.15) is 0 Å². The Bertz CT molecular complexity index is 425. The Morgan fingerprint density at radius 1 is 1.40 bits per heavy atom. The molecular formula is C16H28N4. The highest BCUT2D eigenvalue weighted by Crippen LogP contribution is 2.33. The van der Waals surface area contributed by atoms with E-state index in [0.717, 1.165) is 13.1 Å². The third-order valence-corrected chi connectivity index (χ3v) is 5.14. The molecule has 1 atom stereocenters. The van der Waals surface area contributed by atoms with Crippen LogP contribution in [0.15, 0.2) is 12.5 Å². The molecule has 1 aromatic heterocycles. The molecule has 1 aromatic rings. The van der Waals surface area contributed by atoms with E-state index in [1.807, 2.05) is 0 Å². The Kier molecular flexibility index (Phi) is 4.13. The van der Waals surface area contributed by atoms with Crippen LogP contribution in [0.1, 0.15) is 51.3 Å². The van der Waals surface area contributed by atoms with E-state index in [-0.39, 0.29) is 5.41 Å². The molecule has 0 aromatic carbocycles. The first kappa shape index (κ1) is 14.1. The van der Waals surface area contributed by atoms with Gasteiger partial charge in [0, 0.05) is 43.0 Å². The van der Waals surface area contributed by atoms with Gasteiger partial charge in [0.15, 0.2) is 0 Å². The molecule has 3 rings (SSSR count). The predicted molar refractivity (Wildman–Crippen MR) is 82.1 cm³/mol. The van der Waals surface area contributed by atoms with E-state index in [2.05, 4.69) is 46.1 Å². The van der Waals surface area contributed by atoms with Crippen LogP contribution >= 0.6 is 0 Å². The Morgan fingerprint density at radius 2 is 2.20 bits per heavy atom. The number of piperidine rings is 1. The monoisotopic (exact) mass is 276 g/mol. The van der Waals surface area contributed by atoms with Crippen LogP contribution < -0.4 is 5.32 Å². The molecule has 0 amide bonds. The van der Waals surface area contributed by atoms with Crippen molar-refractivity contribution in [3.05, 3.63) is 18.2 Å². The molecular weight excluding hydrogens is 248 g/mol. The smallest absolute Gasteiger partial charge is 0.0951 e. The molecule has 2 aliphatic heterocycles. The standard InChI is InChI=1S/C16H28N4/c1-3-8-19-9-4-14(5-10-19)20-13-18-11-15(20)16(2)6-7-17-12-16/h11,13-14,17H,3-10,12H2,1-2H3. The van der Waals surface area contributed by atoms with Gasteiger partial charge in [-0.25, -0.2) is 4.98 Å². The maximum atomic E-state index is 4.46. The average Bonchev–Trinajstić information content (AvgIpc) is 3.09. The summed E-state index contributed by atoms with van der Waals surface area (Å²) in [4.78, 5) is 7.07. The summed E-state index contributed by atoms with van der Waals surface area (Å²) >= 11 is 0. The number of imidazole rings is 1. The third-order valence-electron chi connectivity index (χ3n) is 5.14. The van der Waals surface area contributed by atoms with E-state index in [0.29, 0.717) is 6.04 Å². The topological polar surface area (TPSA) is 33.1 Å². The van der Waals surface area contributed by atoms with Crippen molar-refractivity contribution in [3.63, 3.8) is 0 Å². The van der Waals surface area contributed by atoms with Crippen molar-refractivity contribution in [2.24, 2.45) is 0 Å². The van der Waals surface area contributed by atoms with Crippen LogP contribution in [0.5, 0.6) is 0 Å². The van der Waals surface area contributed by atoms with Gasteiger partial charge < -0.3 is 14.8 Å². The van der Waals surface area contributed by atoms with E-state index in [9.17, 15) is 0 Å². The summed E-state index contributed by atoms with van der Waals surface area (Å²) in [5, 5.41) is 3.51. The first-order chi connectivity index (χ1) is 9.73. The molecule has 0 radical (unpaired) electrons. The van der Waals surface area contributed by atoms with E-state index < -0.39 is 0 Å². The Labute approximate surface area is 122 Å². The van der Waals surface area contributed by atoms with Crippen molar-refractivity contribution in [2.45, 2.75) is 51.0 Å². The number of likely N-dealkylation sites (tertiary alicyclic amines) is 1. The van der Waals surface area contributed by atoms with Crippen molar-refractivity contribution < 1.29 is 0 Å². The molecule has 112 valence electrons. The lowest BCUT2D eigenvalue weighted by Crippen LogP contribution is -2.37. The molecule has 0 saturated carbocycles. The SMILES string of the molecule is CCCN1CCC(n2cncc2C2(C)CCNC2)CC1. The van der Waals surface area contributed by atoms with Gasteiger partial charge >= 0.3 is 0 Å². The maximum Gasteiger partial charge on any atom is 0.0951 e. The highest BCUT2D eigenvalue weighted by atomic mass is 15.2. The van der Waals surface area contributed by atoms with E-state index in [4.69, 9.17) is 0 Å². The van der Waals surface area contributed by atoms with Gasteiger partial charge in [-0.3, -0.25) is 0 Å². The highest BCUT2D eigenvalue weighted by molar-refractivity contribution is 5.18. The summed E-state index contributed by atoms with van der Waals surface area (Å²) in [6, 6.07) is 0.651. The Hall–Kier alpha value is -0.870. The molecule has 0 aliphatic carbocycles. The summed E-state index contributed by atoms with van der Waals surface area (Å²) in [6.07, 6.45) is 9.21. The second kappa shape index (κ2) is 5.86. The van der Waals surface area contributed by atoms with Crippen LogP contribution in [0, 0.1) is 0 Å². The highest BCUT2D eigenvalue weighted by Gasteiger charge is 2.35. The van der Waals surface area contributed by atoms with Crippen LogP contribution in [0.3, 0.4) is 0 Å². The molecule has 2 aliphatic rings. The van der Waals surface area contributed by atoms with Gasteiger partial charge in [-0.05, 0) is 38.8 Å². The fraction of sp³-hybridized carbons (Fsp3) is 0.812. The van der Waals surface area contributed by atoms with Gasteiger partial charge in [0.25, 0.3) is 0 Å². The zero-order chi connectivity index (χ0) is 14.0.